The lowest BCUT2D eigenvalue weighted by Gasteiger charge is -2.08. The fourth-order valence-electron chi connectivity index (χ4n) is 2.36. The van der Waals surface area contributed by atoms with Crippen molar-refractivity contribution >= 4 is 10.0 Å². The third-order valence-corrected chi connectivity index (χ3v) is 5.14. The number of sulfonamides is 1. The van der Waals surface area contributed by atoms with Gasteiger partial charge in [-0.2, -0.15) is 0 Å². The number of nitrogens with one attached hydrogen (secondary N) is 1. The highest BCUT2D eigenvalue weighted by atomic mass is 32.2. The first-order chi connectivity index (χ1) is 12.5. The smallest absolute Gasteiger partial charge is 0.236 e. The van der Waals surface area contributed by atoms with E-state index in [0.717, 1.165) is 23.8 Å². The lowest BCUT2D eigenvalue weighted by Crippen LogP contribution is -2.27. The van der Waals surface area contributed by atoms with Gasteiger partial charge in [-0.1, -0.05) is 36.4 Å². The largest absolute Gasteiger partial charge is 0.246 e. The number of halogens is 2. The maximum absolute atomic E-state index is 13.6. The average molecular weight is 375 g/mol. The summed E-state index contributed by atoms with van der Waals surface area (Å²) in [7, 11) is -4.28. The molecule has 0 amide bonds. The quantitative estimate of drug-likeness (QED) is 0.719. The van der Waals surface area contributed by atoms with Crippen LogP contribution in [0.25, 0.3) is 11.4 Å². The summed E-state index contributed by atoms with van der Waals surface area (Å²) in [6.07, 6.45) is 3.46. The third kappa shape index (κ3) is 4.09. The molecule has 26 heavy (non-hydrogen) atoms. The minimum atomic E-state index is -4.28. The van der Waals surface area contributed by atoms with Gasteiger partial charge in [0.1, 0.15) is 11.6 Å². The van der Waals surface area contributed by atoms with E-state index in [1.54, 1.807) is 12.4 Å². The summed E-state index contributed by atoms with van der Waals surface area (Å²) >= 11 is 0. The Labute approximate surface area is 149 Å². The Morgan fingerprint density at radius 1 is 0.885 bits per heavy atom. The molecule has 0 spiro atoms. The van der Waals surface area contributed by atoms with E-state index in [2.05, 4.69) is 14.7 Å². The molecule has 1 heterocycles. The highest BCUT2D eigenvalue weighted by Crippen LogP contribution is 2.18. The van der Waals surface area contributed by atoms with Crippen LogP contribution in [0.4, 0.5) is 8.78 Å². The second-order valence-electron chi connectivity index (χ2n) is 5.48. The molecule has 0 unspecified atom stereocenters. The Morgan fingerprint density at radius 3 is 2.12 bits per heavy atom. The Balaban J connectivity index is 1.65. The molecular weight excluding hydrogens is 360 g/mol. The van der Waals surface area contributed by atoms with Crippen molar-refractivity contribution in [2.45, 2.75) is 11.3 Å². The second kappa shape index (κ2) is 7.67. The number of hydrogen-bond acceptors (Lipinski definition) is 4. The topological polar surface area (TPSA) is 72.0 Å². The van der Waals surface area contributed by atoms with Crippen LogP contribution >= 0.6 is 0 Å². The number of aromatic nitrogens is 2. The zero-order chi connectivity index (χ0) is 18.6. The minimum Gasteiger partial charge on any atom is -0.236 e. The van der Waals surface area contributed by atoms with Crippen molar-refractivity contribution in [3.8, 4) is 11.4 Å². The minimum absolute atomic E-state index is 0.0375. The molecule has 0 aliphatic carbocycles. The summed E-state index contributed by atoms with van der Waals surface area (Å²) in [4.78, 5) is 7.51. The van der Waals surface area contributed by atoms with Crippen molar-refractivity contribution in [1.82, 2.24) is 14.7 Å². The molecule has 1 aromatic heterocycles. The zero-order valence-electron chi connectivity index (χ0n) is 13.6. The molecule has 0 radical (unpaired) electrons. The van der Waals surface area contributed by atoms with Crippen LogP contribution in [0.5, 0.6) is 0 Å². The van der Waals surface area contributed by atoms with Crippen molar-refractivity contribution in [2.75, 3.05) is 6.54 Å². The Bertz CT molecular complexity index is 974. The number of benzene rings is 2. The van der Waals surface area contributed by atoms with Crippen LogP contribution < -0.4 is 4.72 Å². The molecule has 3 rings (SSSR count). The van der Waals surface area contributed by atoms with Gasteiger partial charge in [0.05, 0.1) is 0 Å². The van der Waals surface area contributed by atoms with E-state index in [1.165, 1.54) is 0 Å². The maximum Gasteiger partial charge on any atom is 0.246 e. The van der Waals surface area contributed by atoms with Crippen molar-refractivity contribution in [3.63, 3.8) is 0 Å². The van der Waals surface area contributed by atoms with Crippen LogP contribution in [-0.2, 0) is 16.4 Å². The van der Waals surface area contributed by atoms with Gasteiger partial charge in [0.15, 0.2) is 10.7 Å². The standard InChI is InChI=1S/C18H15F2N3O2S/c19-15-7-4-8-16(20)17(15)26(24,25)23-10-9-13-11-21-18(22-12-13)14-5-2-1-3-6-14/h1-8,11-12,23H,9-10H2. The molecular formula is C18H15F2N3O2S. The Kier molecular flexibility index (Phi) is 5.34. The van der Waals surface area contributed by atoms with Crippen LogP contribution in [0.2, 0.25) is 0 Å². The van der Waals surface area contributed by atoms with Gasteiger partial charge in [0, 0.05) is 24.5 Å². The van der Waals surface area contributed by atoms with Gasteiger partial charge in [-0.05, 0) is 24.1 Å². The first kappa shape index (κ1) is 18.1. The first-order valence-electron chi connectivity index (χ1n) is 7.77. The van der Waals surface area contributed by atoms with Gasteiger partial charge < -0.3 is 0 Å². The summed E-state index contributed by atoms with van der Waals surface area (Å²) in [5, 5.41) is 0. The molecule has 0 atom stereocenters. The molecule has 134 valence electrons. The highest BCUT2D eigenvalue weighted by molar-refractivity contribution is 7.89. The van der Waals surface area contributed by atoms with Crippen molar-refractivity contribution in [1.29, 1.82) is 0 Å². The normalized spacial score (nSPS) is 11.5. The van der Waals surface area contributed by atoms with E-state index in [9.17, 15) is 17.2 Å². The third-order valence-electron chi connectivity index (χ3n) is 3.63. The lowest BCUT2D eigenvalue weighted by atomic mass is 10.2. The molecule has 0 aliphatic heterocycles. The second-order valence-corrected chi connectivity index (χ2v) is 7.18. The summed E-state index contributed by atoms with van der Waals surface area (Å²) in [6.45, 7) is -0.0375. The van der Waals surface area contributed by atoms with Gasteiger partial charge in [-0.3, -0.25) is 0 Å². The summed E-state index contributed by atoms with van der Waals surface area (Å²) in [5.41, 5.74) is 1.57. The number of hydrogen-bond donors (Lipinski definition) is 1. The monoisotopic (exact) mass is 375 g/mol. The fourth-order valence-corrected chi connectivity index (χ4v) is 3.53. The van der Waals surface area contributed by atoms with E-state index in [0.29, 0.717) is 11.4 Å². The van der Waals surface area contributed by atoms with E-state index in [4.69, 9.17) is 0 Å². The van der Waals surface area contributed by atoms with Crippen molar-refractivity contribution < 1.29 is 17.2 Å². The molecule has 3 aromatic rings. The molecule has 2 aromatic carbocycles. The van der Waals surface area contributed by atoms with E-state index in [-0.39, 0.29) is 13.0 Å². The maximum atomic E-state index is 13.6. The zero-order valence-corrected chi connectivity index (χ0v) is 14.4. The molecule has 1 N–H and O–H groups in total. The van der Waals surface area contributed by atoms with E-state index >= 15 is 0 Å². The molecule has 8 heteroatoms. The summed E-state index contributed by atoms with van der Waals surface area (Å²) < 4.78 is 53.6. The Morgan fingerprint density at radius 2 is 1.50 bits per heavy atom. The Hall–Kier alpha value is -2.71. The molecule has 0 saturated carbocycles. The van der Waals surface area contributed by atoms with Gasteiger partial charge in [-0.25, -0.2) is 31.9 Å². The predicted octanol–water partition coefficient (Wildman–Crippen LogP) is 2.94. The number of nitrogens with zero attached hydrogens (tertiary/aromatic N) is 2. The molecule has 0 fully saturated rings. The van der Waals surface area contributed by atoms with Crippen molar-refractivity contribution in [2.24, 2.45) is 0 Å². The van der Waals surface area contributed by atoms with Crippen LogP contribution in [-0.4, -0.2) is 24.9 Å². The molecule has 0 saturated heterocycles. The average Bonchev–Trinajstić information content (AvgIpc) is 2.62. The van der Waals surface area contributed by atoms with Crippen LogP contribution in [0.1, 0.15) is 5.56 Å². The predicted molar refractivity (Wildman–Crippen MR) is 92.7 cm³/mol. The fraction of sp³-hybridized carbons (Fsp3) is 0.111. The number of rotatable bonds is 6. The van der Waals surface area contributed by atoms with Crippen LogP contribution in [0.3, 0.4) is 0 Å². The van der Waals surface area contributed by atoms with Gasteiger partial charge in [0.2, 0.25) is 10.0 Å². The van der Waals surface area contributed by atoms with Crippen LogP contribution in [0, 0.1) is 11.6 Å². The van der Waals surface area contributed by atoms with Gasteiger partial charge >= 0.3 is 0 Å². The molecule has 5 nitrogen and oxygen atoms in total. The van der Waals surface area contributed by atoms with E-state index in [1.807, 2.05) is 30.3 Å². The van der Waals surface area contributed by atoms with Gasteiger partial charge in [-0.15, -0.1) is 0 Å². The van der Waals surface area contributed by atoms with Gasteiger partial charge in [0.25, 0.3) is 0 Å². The van der Waals surface area contributed by atoms with Crippen molar-refractivity contribution in [3.05, 3.63) is 78.1 Å². The summed E-state index contributed by atoms with van der Waals surface area (Å²) in [6, 6.07) is 12.3. The first-order valence-corrected chi connectivity index (χ1v) is 9.26. The highest BCUT2D eigenvalue weighted by Gasteiger charge is 2.23. The summed E-state index contributed by atoms with van der Waals surface area (Å²) in [5.74, 6) is -1.70. The SMILES string of the molecule is O=S(=O)(NCCc1cnc(-c2ccccc2)nc1)c1c(F)cccc1F. The van der Waals surface area contributed by atoms with Crippen LogP contribution in [0.15, 0.2) is 65.8 Å². The molecule has 0 bridgehead atoms. The molecule has 0 aliphatic rings. The lowest BCUT2D eigenvalue weighted by molar-refractivity contribution is 0.514. The van der Waals surface area contributed by atoms with E-state index < -0.39 is 26.6 Å².